The topological polar surface area (TPSA) is 46.3 Å². The molecule has 0 atom stereocenters. The minimum Gasteiger partial charge on any atom is -0.507 e. The van der Waals surface area contributed by atoms with Gasteiger partial charge in [-0.25, -0.2) is 4.98 Å². The van der Waals surface area contributed by atoms with Gasteiger partial charge in [0, 0.05) is 18.1 Å². The van der Waals surface area contributed by atoms with E-state index in [1.807, 2.05) is 33.8 Å². The van der Waals surface area contributed by atoms with Gasteiger partial charge in [-0.05, 0) is 18.9 Å². The minimum atomic E-state index is 0.276. The van der Waals surface area contributed by atoms with Crippen LogP contribution in [-0.2, 0) is 0 Å². The van der Waals surface area contributed by atoms with Gasteiger partial charge in [-0.15, -0.1) is 0 Å². The average molecular weight is 205 g/mol. The van der Waals surface area contributed by atoms with Crippen LogP contribution in [0.1, 0.15) is 36.8 Å². The summed E-state index contributed by atoms with van der Waals surface area (Å²) in [6, 6.07) is 1.88. The molecule has 1 N–H and O–H groups in total. The summed E-state index contributed by atoms with van der Waals surface area (Å²) in [6.07, 6.45) is 0. The molecule has 0 bridgehead atoms. The van der Waals surface area contributed by atoms with Crippen molar-refractivity contribution in [3.05, 3.63) is 23.1 Å². The van der Waals surface area contributed by atoms with E-state index in [2.05, 4.69) is 4.98 Å². The number of aromatic hydroxyl groups is 1. The van der Waals surface area contributed by atoms with Gasteiger partial charge in [-0.3, -0.25) is 0 Å². The van der Waals surface area contributed by atoms with Gasteiger partial charge in [0.1, 0.15) is 11.3 Å². The maximum Gasteiger partial charge on any atom is 0.192 e. The van der Waals surface area contributed by atoms with E-state index in [0.29, 0.717) is 11.6 Å². The summed E-state index contributed by atoms with van der Waals surface area (Å²) in [4.78, 5) is 4.25. The summed E-state index contributed by atoms with van der Waals surface area (Å²) in [5.41, 5.74) is 3.23. The number of phenolic OH excluding ortho intramolecular Hbond substituents is 1. The SMILES string of the molecule is Cc1nc2c(C)c(O)c(C(C)C)cc2o1. The van der Waals surface area contributed by atoms with Crippen molar-refractivity contribution in [2.24, 2.45) is 0 Å². The van der Waals surface area contributed by atoms with Crippen LogP contribution < -0.4 is 0 Å². The van der Waals surface area contributed by atoms with Gasteiger partial charge in [0.25, 0.3) is 0 Å². The molecular formula is C12H15NO2. The molecule has 0 saturated carbocycles. The van der Waals surface area contributed by atoms with Crippen molar-refractivity contribution in [2.45, 2.75) is 33.6 Å². The number of aryl methyl sites for hydroxylation is 2. The molecule has 0 unspecified atom stereocenters. The lowest BCUT2D eigenvalue weighted by Gasteiger charge is -2.09. The summed E-state index contributed by atoms with van der Waals surface area (Å²) in [5, 5.41) is 9.99. The van der Waals surface area contributed by atoms with Gasteiger partial charge < -0.3 is 9.52 Å². The van der Waals surface area contributed by atoms with Crippen LogP contribution in [0, 0.1) is 13.8 Å². The van der Waals surface area contributed by atoms with Gasteiger partial charge in [0.15, 0.2) is 11.5 Å². The van der Waals surface area contributed by atoms with Gasteiger partial charge in [0.05, 0.1) is 0 Å². The van der Waals surface area contributed by atoms with Gasteiger partial charge in [-0.1, -0.05) is 13.8 Å². The van der Waals surface area contributed by atoms with Gasteiger partial charge in [0.2, 0.25) is 0 Å². The molecule has 2 aromatic rings. The molecule has 2 rings (SSSR count). The normalized spacial score (nSPS) is 11.5. The first-order chi connectivity index (χ1) is 7.00. The summed E-state index contributed by atoms with van der Waals surface area (Å²) in [7, 11) is 0. The number of hydrogen-bond donors (Lipinski definition) is 1. The Kier molecular flexibility index (Phi) is 2.18. The van der Waals surface area contributed by atoms with Crippen molar-refractivity contribution in [3.63, 3.8) is 0 Å². The van der Waals surface area contributed by atoms with Crippen molar-refractivity contribution < 1.29 is 9.52 Å². The van der Waals surface area contributed by atoms with Crippen LogP contribution in [0.3, 0.4) is 0 Å². The number of rotatable bonds is 1. The van der Waals surface area contributed by atoms with Crippen LogP contribution in [-0.4, -0.2) is 10.1 Å². The zero-order chi connectivity index (χ0) is 11.2. The molecule has 0 aliphatic heterocycles. The molecule has 80 valence electrons. The predicted molar refractivity (Wildman–Crippen MR) is 59.2 cm³/mol. The van der Waals surface area contributed by atoms with Crippen LogP contribution in [0.2, 0.25) is 0 Å². The number of benzene rings is 1. The molecule has 0 radical (unpaired) electrons. The van der Waals surface area contributed by atoms with Crippen LogP contribution in [0.15, 0.2) is 10.5 Å². The van der Waals surface area contributed by atoms with Crippen molar-refractivity contribution in [1.82, 2.24) is 4.98 Å². The highest BCUT2D eigenvalue weighted by atomic mass is 16.3. The van der Waals surface area contributed by atoms with E-state index < -0.39 is 0 Å². The third kappa shape index (κ3) is 1.48. The summed E-state index contributed by atoms with van der Waals surface area (Å²) in [6.45, 7) is 7.77. The summed E-state index contributed by atoms with van der Waals surface area (Å²) < 4.78 is 5.47. The molecule has 3 heteroatoms. The van der Waals surface area contributed by atoms with Crippen molar-refractivity contribution in [2.75, 3.05) is 0 Å². The second-order valence-corrected chi connectivity index (χ2v) is 4.17. The second kappa shape index (κ2) is 3.26. The summed E-state index contributed by atoms with van der Waals surface area (Å²) >= 11 is 0. The molecule has 0 amide bonds. The van der Waals surface area contributed by atoms with Crippen molar-refractivity contribution in [3.8, 4) is 5.75 Å². The Labute approximate surface area is 88.7 Å². The lowest BCUT2D eigenvalue weighted by atomic mass is 9.99. The number of phenols is 1. The van der Waals surface area contributed by atoms with E-state index in [1.165, 1.54) is 0 Å². The highest BCUT2D eigenvalue weighted by molar-refractivity contribution is 5.80. The lowest BCUT2D eigenvalue weighted by molar-refractivity contribution is 0.461. The zero-order valence-corrected chi connectivity index (χ0v) is 9.46. The third-order valence-electron chi connectivity index (χ3n) is 2.65. The third-order valence-corrected chi connectivity index (χ3v) is 2.65. The fourth-order valence-corrected chi connectivity index (χ4v) is 1.79. The van der Waals surface area contributed by atoms with E-state index in [0.717, 1.165) is 22.2 Å². The van der Waals surface area contributed by atoms with Crippen molar-refractivity contribution >= 4 is 11.1 Å². The minimum absolute atomic E-state index is 0.276. The first-order valence-corrected chi connectivity index (χ1v) is 5.10. The van der Waals surface area contributed by atoms with Crippen LogP contribution in [0.25, 0.3) is 11.1 Å². The largest absolute Gasteiger partial charge is 0.507 e. The molecule has 15 heavy (non-hydrogen) atoms. The van der Waals surface area contributed by atoms with E-state index >= 15 is 0 Å². The molecule has 3 nitrogen and oxygen atoms in total. The fourth-order valence-electron chi connectivity index (χ4n) is 1.79. The number of hydrogen-bond acceptors (Lipinski definition) is 3. The molecule has 1 aromatic carbocycles. The van der Waals surface area contributed by atoms with Gasteiger partial charge >= 0.3 is 0 Å². The standard InChI is InChI=1S/C12H15NO2/c1-6(2)9-5-10-11(7(3)12(9)14)13-8(4)15-10/h5-6,14H,1-4H3. The lowest BCUT2D eigenvalue weighted by Crippen LogP contribution is -1.91. The Balaban J connectivity index is 2.81. The molecule has 1 heterocycles. The molecule has 0 aliphatic rings. The maximum atomic E-state index is 9.99. The Morgan fingerprint density at radius 1 is 1.33 bits per heavy atom. The highest BCUT2D eigenvalue weighted by Gasteiger charge is 2.15. The van der Waals surface area contributed by atoms with E-state index in [1.54, 1.807) is 0 Å². The Morgan fingerprint density at radius 3 is 2.60 bits per heavy atom. The van der Waals surface area contributed by atoms with E-state index in [-0.39, 0.29) is 5.92 Å². The van der Waals surface area contributed by atoms with E-state index in [9.17, 15) is 5.11 Å². The van der Waals surface area contributed by atoms with E-state index in [4.69, 9.17) is 4.42 Å². The quantitative estimate of drug-likeness (QED) is 0.777. The van der Waals surface area contributed by atoms with Crippen LogP contribution in [0.5, 0.6) is 5.75 Å². The van der Waals surface area contributed by atoms with Crippen LogP contribution >= 0.6 is 0 Å². The fraction of sp³-hybridized carbons (Fsp3) is 0.417. The molecule has 0 spiro atoms. The Hall–Kier alpha value is -1.51. The Bertz CT molecular complexity index is 512. The smallest absolute Gasteiger partial charge is 0.192 e. The average Bonchev–Trinajstić information content (AvgIpc) is 2.52. The molecule has 0 fully saturated rings. The second-order valence-electron chi connectivity index (χ2n) is 4.17. The zero-order valence-electron chi connectivity index (χ0n) is 9.46. The predicted octanol–water partition coefficient (Wildman–Crippen LogP) is 3.27. The van der Waals surface area contributed by atoms with Crippen molar-refractivity contribution in [1.29, 1.82) is 0 Å². The molecular weight excluding hydrogens is 190 g/mol. The first-order valence-electron chi connectivity index (χ1n) is 5.10. The molecule has 1 aromatic heterocycles. The van der Waals surface area contributed by atoms with Gasteiger partial charge in [-0.2, -0.15) is 0 Å². The monoisotopic (exact) mass is 205 g/mol. The number of oxazole rings is 1. The molecule has 0 saturated heterocycles. The number of nitrogens with zero attached hydrogens (tertiary/aromatic N) is 1. The summed E-state index contributed by atoms with van der Waals surface area (Å²) in [5.74, 6) is 1.25. The van der Waals surface area contributed by atoms with Crippen LogP contribution in [0.4, 0.5) is 0 Å². The molecule has 0 aliphatic carbocycles. The highest BCUT2D eigenvalue weighted by Crippen LogP contribution is 2.34. The first kappa shape index (κ1) is 10.0. The number of fused-ring (bicyclic) bond motifs is 1. The Morgan fingerprint density at radius 2 is 2.00 bits per heavy atom. The maximum absolute atomic E-state index is 9.99. The number of aromatic nitrogens is 1.